The average molecular weight is 358 g/mol. The van der Waals surface area contributed by atoms with Gasteiger partial charge in [-0.1, -0.05) is 25.6 Å². The first-order valence-electron chi connectivity index (χ1n) is 7.39. The molecule has 0 aliphatic heterocycles. The maximum Gasteiger partial charge on any atom is 0.330 e. The minimum absolute atomic E-state index is 0.185. The lowest BCUT2D eigenvalue weighted by Crippen LogP contribution is -2.35. The van der Waals surface area contributed by atoms with Gasteiger partial charge in [-0.25, -0.2) is 14.8 Å². The highest BCUT2D eigenvalue weighted by Crippen LogP contribution is 2.30. The minimum Gasteiger partial charge on any atom is -0.497 e. The van der Waals surface area contributed by atoms with Gasteiger partial charge in [0.15, 0.2) is 11.0 Å². The summed E-state index contributed by atoms with van der Waals surface area (Å²) in [5.41, 5.74) is 11.3. The van der Waals surface area contributed by atoms with Crippen LogP contribution in [0.2, 0.25) is 0 Å². The molecule has 0 saturated carbocycles. The molecule has 2 rings (SSSR count). The monoisotopic (exact) mass is 358 g/mol. The molecule has 130 valence electrons. The number of ether oxygens (including phenoxy) is 1. The van der Waals surface area contributed by atoms with Crippen molar-refractivity contribution in [2.45, 2.75) is 24.3 Å². The Balaban J connectivity index is 2.55. The van der Waals surface area contributed by atoms with Crippen LogP contribution in [0, 0.1) is 11.3 Å². The van der Waals surface area contributed by atoms with Crippen LogP contribution in [-0.2, 0) is 0 Å². The number of nitriles is 1. The van der Waals surface area contributed by atoms with Crippen molar-refractivity contribution in [1.29, 1.82) is 5.26 Å². The lowest BCUT2D eigenvalue weighted by Gasteiger charge is -2.13. The average Bonchev–Trinajstić information content (AvgIpc) is 2.59. The molecule has 2 aromatic rings. The maximum absolute atomic E-state index is 11.0. The Labute approximate surface area is 149 Å². The molecule has 0 spiro atoms. The molecule has 0 aliphatic carbocycles. The van der Waals surface area contributed by atoms with Crippen LogP contribution in [0.3, 0.4) is 0 Å². The van der Waals surface area contributed by atoms with Gasteiger partial charge in [0, 0.05) is 10.8 Å². The van der Waals surface area contributed by atoms with Gasteiger partial charge in [0.25, 0.3) is 0 Å². The van der Waals surface area contributed by atoms with Crippen LogP contribution in [0.4, 0.5) is 10.6 Å². The fourth-order valence-electron chi connectivity index (χ4n) is 1.98. The number of benzene rings is 1. The third kappa shape index (κ3) is 4.74. The summed E-state index contributed by atoms with van der Waals surface area (Å²) in [7, 11) is 1.58. The zero-order chi connectivity index (χ0) is 18.4. The number of methoxy groups -OCH3 is 1. The Kier molecular flexibility index (Phi) is 6.03. The van der Waals surface area contributed by atoms with Crippen LogP contribution < -0.4 is 21.3 Å². The highest BCUT2D eigenvalue weighted by atomic mass is 32.2. The number of rotatable bonds is 6. The summed E-state index contributed by atoms with van der Waals surface area (Å²) in [5, 5.41) is 10.3. The number of anilines is 1. The van der Waals surface area contributed by atoms with Gasteiger partial charge in [-0.15, -0.1) is 0 Å². The van der Waals surface area contributed by atoms with Crippen LogP contribution in [-0.4, -0.2) is 28.4 Å². The van der Waals surface area contributed by atoms with E-state index in [0.29, 0.717) is 16.6 Å². The summed E-state index contributed by atoms with van der Waals surface area (Å²) in [6.45, 7) is 4.02. The number of primary amides is 1. The van der Waals surface area contributed by atoms with E-state index in [1.165, 1.54) is 11.8 Å². The molecule has 0 bridgehead atoms. The predicted molar refractivity (Wildman–Crippen MR) is 96.1 cm³/mol. The smallest absolute Gasteiger partial charge is 0.330 e. The number of amides is 2. The summed E-state index contributed by atoms with van der Waals surface area (Å²) in [5.74, 6) is 0.882. The van der Waals surface area contributed by atoms with E-state index in [2.05, 4.69) is 26.9 Å². The first kappa shape index (κ1) is 18.4. The van der Waals surface area contributed by atoms with Crippen molar-refractivity contribution >= 4 is 23.6 Å². The van der Waals surface area contributed by atoms with E-state index in [-0.39, 0.29) is 16.6 Å². The number of nitrogens with one attached hydrogen (secondary N) is 2. The van der Waals surface area contributed by atoms with E-state index in [9.17, 15) is 10.1 Å². The highest BCUT2D eigenvalue weighted by Gasteiger charge is 2.17. The van der Waals surface area contributed by atoms with Crippen molar-refractivity contribution in [2.24, 2.45) is 5.73 Å². The van der Waals surface area contributed by atoms with Crippen molar-refractivity contribution in [3.63, 3.8) is 0 Å². The largest absolute Gasteiger partial charge is 0.497 e. The molecule has 4 N–H and O–H groups in total. The number of carbonyl (C=O) groups excluding carboxylic acids is 1. The van der Waals surface area contributed by atoms with Gasteiger partial charge >= 0.3 is 6.03 Å². The summed E-state index contributed by atoms with van der Waals surface area (Å²) < 4.78 is 5.15. The first-order valence-corrected chi connectivity index (χ1v) is 8.27. The Morgan fingerprint density at radius 1 is 1.32 bits per heavy atom. The number of nitrogens with two attached hydrogens (primary N) is 1. The van der Waals surface area contributed by atoms with E-state index >= 15 is 0 Å². The summed E-state index contributed by atoms with van der Waals surface area (Å²) in [4.78, 5) is 19.8. The number of urea groups is 1. The molecule has 9 heteroatoms. The SMILES string of the molecule is COc1ccc(-c2nc(SC(C)C)nc(NNC(N)=O)c2C#N)cc1. The van der Waals surface area contributed by atoms with Gasteiger partial charge in [0.05, 0.1) is 12.8 Å². The van der Waals surface area contributed by atoms with Gasteiger partial charge in [-0.05, 0) is 24.3 Å². The molecule has 0 saturated heterocycles. The molecule has 0 atom stereocenters. The van der Waals surface area contributed by atoms with Gasteiger partial charge < -0.3 is 10.5 Å². The number of carbonyl (C=O) groups is 1. The molecule has 8 nitrogen and oxygen atoms in total. The van der Waals surface area contributed by atoms with Crippen LogP contribution in [0.25, 0.3) is 11.3 Å². The van der Waals surface area contributed by atoms with Crippen LogP contribution in [0.1, 0.15) is 19.4 Å². The number of hydrogen-bond donors (Lipinski definition) is 3. The number of hydrazine groups is 1. The topological polar surface area (TPSA) is 126 Å². The molecule has 0 unspecified atom stereocenters. The second kappa shape index (κ2) is 8.21. The molecule has 1 heterocycles. The van der Waals surface area contributed by atoms with Crippen molar-refractivity contribution < 1.29 is 9.53 Å². The molecule has 0 aliphatic rings. The molecular weight excluding hydrogens is 340 g/mol. The zero-order valence-electron chi connectivity index (χ0n) is 14.0. The van der Waals surface area contributed by atoms with Crippen molar-refractivity contribution in [1.82, 2.24) is 15.4 Å². The van der Waals surface area contributed by atoms with Gasteiger partial charge in [0.1, 0.15) is 17.4 Å². The summed E-state index contributed by atoms with van der Waals surface area (Å²) >= 11 is 1.44. The Hall–Kier alpha value is -2.99. The molecule has 0 fully saturated rings. The Morgan fingerprint density at radius 3 is 2.52 bits per heavy atom. The standard InChI is InChI=1S/C16H18N6O2S/c1-9(2)25-16-19-13(10-4-6-11(24-3)7-5-10)12(8-17)14(20-16)21-22-15(18)23/h4-7,9H,1-3H3,(H3,18,22,23)(H,19,20,21). The third-order valence-electron chi connectivity index (χ3n) is 3.01. The highest BCUT2D eigenvalue weighted by molar-refractivity contribution is 7.99. The molecule has 2 amide bonds. The molecular formula is C16H18N6O2S. The second-order valence-corrected chi connectivity index (χ2v) is 6.74. The number of hydrogen-bond acceptors (Lipinski definition) is 7. The number of thioether (sulfide) groups is 1. The predicted octanol–water partition coefficient (Wildman–Crippen LogP) is 2.52. The van der Waals surface area contributed by atoms with Crippen molar-refractivity contribution in [3.8, 4) is 23.1 Å². The Morgan fingerprint density at radius 2 is 2.00 bits per heavy atom. The minimum atomic E-state index is -0.786. The Bertz CT molecular complexity index is 802. The summed E-state index contributed by atoms with van der Waals surface area (Å²) in [6.07, 6.45) is 0. The molecule has 0 radical (unpaired) electrons. The first-order chi connectivity index (χ1) is 11.9. The van der Waals surface area contributed by atoms with Crippen LogP contribution in [0.5, 0.6) is 5.75 Å². The molecule has 1 aromatic heterocycles. The van der Waals surface area contributed by atoms with E-state index < -0.39 is 6.03 Å². The molecule has 25 heavy (non-hydrogen) atoms. The normalized spacial score (nSPS) is 10.2. The van der Waals surface area contributed by atoms with E-state index in [0.717, 1.165) is 5.56 Å². The van der Waals surface area contributed by atoms with Crippen molar-refractivity contribution in [2.75, 3.05) is 12.5 Å². The van der Waals surface area contributed by atoms with Gasteiger partial charge in [0.2, 0.25) is 0 Å². The fraction of sp³-hybridized carbons (Fsp3) is 0.250. The lowest BCUT2D eigenvalue weighted by molar-refractivity contribution is 0.250. The van der Waals surface area contributed by atoms with Crippen LogP contribution >= 0.6 is 11.8 Å². The zero-order valence-corrected chi connectivity index (χ0v) is 14.8. The van der Waals surface area contributed by atoms with Gasteiger partial charge in [-0.3, -0.25) is 10.9 Å². The number of aromatic nitrogens is 2. The molecule has 1 aromatic carbocycles. The fourth-order valence-corrected chi connectivity index (χ4v) is 2.69. The number of nitrogens with zero attached hydrogens (tertiary/aromatic N) is 3. The second-order valence-electron chi connectivity index (χ2n) is 5.20. The lowest BCUT2D eigenvalue weighted by atomic mass is 10.1. The van der Waals surface area contributed by atoms with E-state index in [4.69, 9.17) is 10.5 Å². The third-order valence-corrected chi connectivity index (χ3v) is 3.87. The van der Waals surface area contributed by atoms with E-state index in [1.807, 2.05) is 13.8 Å². The quantitative estimate of drug-likeness (QED) is 0.411. The van der Waals surface area contributed by atoms with Crippen LogP contribution in [0.15, 0.2) is 29.4 Å². The summed E-state index contributed by atoms with van der Waals surface area (Å²) in [6, 6.07) is 8.46. The van der Waals surface area contributed by atoms with Crippen molar-refractivity contribution in [3.05, 3.63) is 29.8 Å². The van der Waals surface area contributed by atoms with Gasteiger partial charge in [-0.2, -0.15) is 5.26 Å². The van der Waals surface area contributed by atoms with E-state index in [1.54, 1.807) is 31.4 Å². The maximum atomic E-state index is 11.0.